The third kappa shape index (κ3) is 5.61. The number of carbonyl (C=O) groups excluding carboxylic acids is 1. The van der Waals surface area contributed by atoms with E-state index >= 15 is 0 Å². The Morgan fingerprint density at radius 1 is 0.952 bits per heavy atom. The molecule has 0 aromatic carbocycles. The van der Waals surface area contributed by atoms with Crippen molar-refractivity contribution < 1.29 is 4.79 Å². The molecule has 0 unspecified atom stereocenters. The number of hydrazone groups is 1. The first-order valence-electron chi connectivity index (χ1n) is 7.73. The largest absolute Gasteiger partial charge is 0.304 e. The van der Waals surface area contributed by atoms with Crippen LogP contribution in [0.4, 0.5) is 0 Å². The number of hydrazine groups is 1. The van der Waals surface area contributed by atoms with Gasteiger partial charge in [0.25, 0.3) is 0 Å². The van der Waals surface area contributed by atoms with Crippen molar-refractivity contribution in [1.29, 1.82) is 0 Å². The summed E-state index contributed by atoms with van der Waals surface area (Å²) >= 11 is 0. The Balaban J connectivity index is 1.71. The number of rotatable bonds is 4. The number of hydrogen-bond acceptors (Lipinski definition) is 6. The number of piperazine rings is 2. The van der Waals surface area contributed by atoms with Crippen LogP contribution in [0.2, 0.25) is 0 Å². The van der Waals surface area contributed by atoms with Crippen LogP contribution < -0.4 is 5.43 Å². The molecule has 7 nitrogen and oxygen atoms in total. The van der Waals surface area contributed by atoms with E-state index in [4.69, 9.17) is 0 Å². The van der Waals surface area contributed by atoms with Crippen LogP contribution in [0.1, 0.15) is 13.3 Å². The molecule has 0 aromatic heterocycles. The van der Waals surface area contributed by atoms with Crippen molar-refractivity contribution in [2.24, 2.45) is 5.10 Å². The van der Waals surface area contributed by atoms with Crippen LogP contribution in [-0.2, 0) is 4.79 Å². The molecular formula is C14H28N6O. The van der Waals surface area contributed by atoms with E-state index in [1.165, 1.54) is 0 Å². The fourth-order valence-corrected chi connectivity index (χ4v) is 2.54. The molecule has 1 amide bonds. The summed E-state index contributed by atoms with van der Waals surface area (Å²) in [4.78, 5) is 16.6. The Bertz CT molecular complexity index is 370. The minimum atomic E-state index is 0.0370. The molecule has 0 spiro atoms. The van der Waals surface area contributed by atoms with Crippen molar-refractivity contribution in [3.8, 4) is 0 Å². The molecular weight excluding hydrogens is 268 g/mol. The molecule has 21 heavy (non-hydrogen) atoms. The van der Waals surface area contributed by atoms with Gasteiger partial charge in [-0.15, -0.1) is 0 Å². The normalized spacial score (nSPS) is 23.4. The number of nitrogens with zero attached hydrogens (tertiary/aromatic N) is 5. The van der Waals surface area contributed by atoms with Crippen molar-refractivity contribution >= 4 is 11.6 Å². The predicted octanol–water partition coefficient (Wildman–Crippen LogP) is -0.722. The third-order valence-corrected chi connectivity index (χ3v) is 3.99. The first-order valence-corrected chi connectivity index (χ1v) is 7.73. The van der Waals surface area contributed by atoms with Gasteiger partial charge in [0.2, 0.25) is 5.91 Å². The van der Waals surface area contributed by atoms with Crippen LogP contribution in [-0.4, -0.2) is 97.9 Å². The molecule has 120 valence electrons. The van der Waals surface area contributed by atoms with E-state index in [0.29, 0.717) is 6.42 Å². The van der Waals surface area contributed by atoms with Crippen LogP contribution >= 0.6 is 0 Å². The highest BCUT2D eigenvalue weighted by atomic mass is 16.2. The monoisotopic (exact) mass is 296 g/mol. The van der Waals surface area contributed by atoms with Crippen molar-refractivity contribution in [2.75, 3.05) is 66.5 Å². The van der Waals surface area contributed by atoms with E-state index in [2.05, 4.69) is 39.4 Å². The van der Waals surface area contributed by atoms with Gasteiger partial charge in [0.05, 0.1) is 6.42 Å². The molecule has 2 aliphatic rings. The Morgan fingerprint density at radius 2 is 1.48 bits per heavy atom. The molecule has 0 atom stereocenters. The van der Waals surface area contributed by atoms with Crippen molar-refractivity contribution in [2.45, 2.75) is 13.3 Å². The van der Waals surface area contributed by atoms with Crippen molar-refractivity contribution in [1.82, 2.24) is 25.2 Å². The molecule has 0 saturated carbocycles. The molecule has 0 aromatic rings. The summed E-state index contributed by atoms with van der Waals surface area (Å²) in [7, 11) is 4.23. The highest BCUT2D eigenvalue weighted by molar-refractivity contribution is 5.99. The van der Waals surface area contributed by atoms with Gasteiger partial charge in [-0.3, -0.25) is 15.2 Å². The lowest BCUT2D eigenvalue weighted by Crippen LogP contribution is -2.52. The number of likely N-dealkylation sites (N-methyl/N-ethyl adjacent to an activating group) is 2. The summed E-state index contributed by atoms with van der Waals surface area (Å²) in [6.45, 7) is 9.63. The summed E-state index contributed by atoms with van der Waals surface area (Å²) in [5, 5.41) is 8.62. The quantitative estimate of drug-likeness (QED) is 0.694. The topological polar surface area (TPSA) is 54.4 Å². The molecule has 0 bridgehead atoms. The van der Waals surface area contributed by atoms with Crippen LogP contribution in [0.15, 0.2) is 5.10 Å². The fraction of sp³-hybridized carbons (Fsp3) is 0.857. The molecule has 7 heteroatoms. The second kappa shape index (κ2) is 7.72. The van der Waals surface area contributed by atoms with Crippen LogP contribution in [0.25, 0.3) is 0 Å². The molecule has 2 saturated heterocycles. The molecule has 2 aliphatic heterocycles. The standard InChI is InChI=1S/C14H28N6O/c1-13(15-19-8-4-17(2)5-9-19)12-14(21)16-20-10-6-18(3)7-11-20/h4-12H2,1-3H3,(H,16,21). The zero-order valence-electron chi connectivity index (χ0n) is 13.5. The molecule has 0 aliphatic carbocycles. The highest BCUT2D eigenvalue weighted by Crippen LogP contribution is 2.02. The van der Waals surface area contributed by atoms with E-state index in [0.717, 1.165) is 58.1 Å². The second-order valence-electron chi connectivity index (χ2n) is 6.09. The molecule has 0 radical (unpaired) electrons. The van der Waals surface area contributed by atoms with Gasteiger partial charge in [-0.25, -0.2) is 5.01 Å². The summed E-state index contributed by atoms with van der Waals surface area (Å²) in [5.41, 5.74) is 3.86. The maximum atomic E-state index is 12.0. The number of amides is 1. The van der Waals surface area contributed by atoms with Gasteiger partial charge in [-0.2, -0.15) is 5.10 Å². The van der Waals surface area contributed by atoms with Crippen LogP contribution in [0.5, 0.6) is 0 Å². The van der Waals surface area contributed by atoms with E-state index in [1.54, 1.807) is 0 Å². The zero-order valence-corrected chi connectivity index (χ0v) is 13.5. The predicted molar refractivity (Wildman–Crippen MR) is 84.0 cm³/mol. The van der Waals surface area contributed by atoms with Gasteiger partial charge in [0.15, 0.2) is 0 Å². The molecule has 2 heterocycles. The lowest BCUT2D eigenvalue weighted by Gasteiger charge is -2.32. The Kier molecular flexibility index (Phi) is 5.96. The maximum absolute atomic E-state index is 12.0. The Morgan fingerprint density at radius 3 is 2.05 bits per heavy atom. The minimum Gasteiger partial charge on any atom is -0.304 e. The number of carbonyl (C=O) groups is 1. The lowest BCUT2D eigenvalue weighted by atomic mass is 10.3. The number of hydrogen-bond donors (Lipinski definition) is 1. The molecule has 1 N–H and O–H groups in total. The van der Waals surface area contributed by atoms with Gasteiger partial charge >= 0.3 is 0 Å². The van der Waals surface area contributed by atoms with Gasteiger partial charge in [-0.05, 0) is 21.0 Å². The summed E-state index contributed by atoms with van der Waals surface area (Å²) in [6.07, 6.45) is 0.374. The van der Waals surface area contributed by atoms with Gasteiger partial charge < -0.3 is 9.80 Å². The van der Waals surface area contributed by atoms with Gasteiger partial charge in [0, 0.05) is 58.1 Å². The Labute approximate surface area is 127 Å². The smallest absolute Gasteiger partial charge is 0.240 e. The second-order valence-corrected chi connectivity index (χ2v) is 6.09. The SMILES string of the molecule is CC(CC(=O)NN1CCN(C)CC1)=NN1CCN(C)CC1. The van der Waals surface area contributed by atoms with Gasteiger partial charge in [0.1, 0.15) is 0 Å². The average Bonchev–Trinajstić information content (AvgIpc) is 2.44. The summed E-state index contributed by atoms with van der Waals surface area (Å²) in [5.74, 6) is 0.0370. The first kappa shape index (κ1) is 16.2. The van der Waals surface area contributed by atoms with Crippen molar-refractivity contribution in [3.63, 3.8) is 0 Å². The van der Waals surface area contributed by atoms with Crippen molar-refractivity contribution in [3.05, 3.63) is 0 Å². The first-order chi connectivity index (χ1) is 10.0. The Hall–Kier alpha value is -1.18. The minimum absolute atomic E-state index is 0.0370. The van der Waals surface area contributed by atoms with Crippen LogP contribution in [0.3, 0.4) is 0 Å². The molecule has 2 rings (SSSR count). The maximum Gasteiger partial charge on any atom is 0.240 e. The van der Waals surface area contributed by atoms with Crippen LogP contribution in [0, 0.1) is 0 Å². The van der Waals surface area contributed by atoms with Gasteiger partial charge in [-0.1, -0.05) is 0 Å². The van der Waals surface area contributed by atoms with E-state index in [9.17, 15) is 4.79 Å². The van der Waals surface area contributed by atoms with E-state index < -0.39 is 0 Å². The number of nitrogens with one attached hydrogen (secondary N) is 1. The fourth-order valence-electron chi connectivity index (χ4n) is 2.54. The molecule has 2 fully saturated rings. The lowest BCUT2D eigenvalue weighted by molar-refractivity contribution is -0.125. The van der Waals surface area contributed by atoms with E-state index in [1.807, 2.05) is 11.9 Å². The highest BCUT2D eigenvalue weighted by Gasteiger charge is 2.17. The average molecular weight is 296 g/mol. The zero-order chi connectivity index (χ0) is 15.2. The van der Waals surface area contributed by atoms with E-state index in [-0.39, 0.29) is 5.91 Å². The summed E-state index contributed by atoms with van der Waals surface area (Å²) in [6, 6.07) is 0. The third-order valence-electron chi connectivity index (χ3n) is 3.99. The summed E-state index contributed by atoms with van der Waals surface area (Å²) < 4.78 is 0.